The Labute approximate surface area is 166 Å². The maximum atomic E-state index is 12.7. The molecule has 0 radical (unpaired) electrons. The van der Waals surface area contributed by atoms with E-state index in [-0.39, 0.29) is 28.9 Å². The van der Waals surface area contributed by atoms with Gasteiger partial charge in [0, 0.05) is 0 Å². The summed E-state index contributed by atoms with van der Waals surface area (Å²) in [5.74, 6) is 1.32. The second-order valence-corrected chi connectivity index (χ2v) is 7.11. The van der Waals surface area contributed by atoms with Crippen molar-refractivity contribution in [2.75, 3.05) is 6.61 Å². The van der Waals surface area contributed by atoms with Crippen LogP contribution < -0.4 is 15.0 Å². The number of hydrogen-bond donors (Lipinski definition) is 2. The van der Waals surface area contributed by atoms with E-state index in [9.17, 15) is 15.0 Å². The number of halogens is 1. The first kappa shape index (κ1) is 19.6. The second kappa shape index (κ2) is 7.82. The van der Waals surface area contributed by atoms with Gasteiger partial charge in [-0.05, 0) is 62.4 Å². The van der Waals surface area contributed by atoms with Crippen molar-refractivity contribution in [3.63, 3.8) is 0 Å². The number of benzene rings is 2. The average Bonchev–Trinajstić information content (AvgIpc) is 2.66. The van der Waals surface area contributed by atoms with Crippen LogP contribution >= 0.6 is 11.6 Å². The number of nitrogens with zero attached hydrogens (tertiary/aromatic N) is 2. The lowest BCUT2D eigenvalue weighted by atomic mass is 10.1. The highest BCUT2D eigenvalue weighted by atomic mass is 35.5. The van der Waals surface area contributed by atoms with Crippen molar-refractivity contribution < 1.29 is 19.7 Å². The van der Waals surface area contributed by atoms with Gasteiger partial charge >= 0.3 is 0 Å². The second-order valence-electron chi connectivity index (χ2n) is 6.73. The summed E-state index contributed by atoms with van der Waals surface area (Å²) in [6, 6.07) is 12.3. The van der Waals surface area contributed by atoms with E-state index in [0.717, 1.165) is 0 Å². The predicted molar refractivity (Wildman–Crippen MR) is 105 cm³/mol. The Morgan fingerprint density at radius 1 is 1.00 bits per heavy atom. The van der Waals surface area contributed by atoms with Crippen LogP contribution in [0.15, 0.2) is 59.5 Å². The molecule has 0 atom stereocenters. The number of phenolic OH excluding ortho intramolecular Hbond substituents is 2. The minimum absolute atomic E-state index is 0.0994. The van der Waals surface area contributed by atoms with Crippen molar-refractivity contribution in [3.05, 3.63) is 70.1 Å². The van der Waals surface area contributed by atoms with Gasteiger partial charge in [-0.1, -0.05) is 11.6 Å². The van der Waals surface area contributed by atoms with E-state index >= 15 is 0 Å². The molecule has 146 valence electrons. The predicted octanol–water partition coefficient (Wildman–Crippen LogP) is 3.91. The van der Waals surface area contributed by atoms with Gasteiger partial charge in [-0.25, -0.2) is 4.68 Å². The number of rotatable bonds is 6. The van der Waals surface area contributed by atoms with Crippen molar-refractivity contribution >= 4 is 11.6 Å². The van der Waals surface area contributed by atoms with Crippen LogP contribution in [-0.4, -0.2) is 26.6 Å². The number of ether oxygens (including phenoxy) is 2. The summed E-state index contributed by atoms with van der Waals surface area (Å²) in [5.41, 5.74) is -1.31. The fraction of sp³-hybridized carbons (Fsp3) is 0.200. The third-order valence-electron chi connectivity index (χ3n) is 3.95. The molecule has 8 heteroatoms. The Morgan fingerprint density at radius 3 is 2.11 bits per heavy atom. The smallest absolute Gasteiger partial charge is 0.289 e. The minimum Gasteiger partial charge on any atom is -0.508 e. The van der Waals surface area contributed by atoms with E-state index in [2.05, 4.69) is 5.10 Å². The highest BCUT2D eigenvalue weighted by Gasteiger charge is 2.26. The monoisotopic (exact) mass is 402 g/mol. The fourth-order valence-corrected chi connectivity index (χ4v) is 2.59. The van der Waals surface area contributed by atoms with Crippen molar-refractivity contribution in [3.8, 4) is 28.7 Å². The molecule has 0 aliphatic heterocycles. The Balaban J connectivity index is 1.79. The zero-order valence-electron chi connectivity index (χ0n) is 15.3. The van der Waals surface area contributed by atoms with Crippen molar-refractivity contribution in [1.82, 2.24) is 9.78 Å². The van der Waals surface area contributed by atoms with E-state index in [1.807, 2.05) is 0 Å². The van der Waals surface area contributed by atoms with E-state index < -0.39 is 11.1 Å². The number of hydrogen-bond acceptors (Lipinski definition) is 6. The molecule has 2 aromatic carbocycles. The van der Waals surface area contributed by atoms with Crippen molar-refractivity contribution in [2.24, 2.45) is 0 Å². The Morgan fingerprint density at radius 2 is 1.54 bits per heavy atom. The number of phenols is 2. The Kier molecular flexibility index (Phi) is 5.46. The molecule has 2 N–H and O–H groups in total. The van der Waals surface area contributed by atoms with Crippen LogP contribution in [0.25, 0.3) is 0 Å². The molecular formula is C20H19ClN2O5. The molecule has 0 unspecified atom stereocenters. The molecule has 28 heavy (non-hydrogen) atoms. The summed E-state index contributed by atoms with van der Waals surface area (Å²) >= 11 is 6.20. The number of aromatic hydroxyl groups is 2. The van der Waals surface area contributed by atoms with Crippen LogP contribution in [0.2, 0.25) is 5.02 Å². The van der Waals surface area contributed by atoms with E-state index in [1.165, 1.54) is 35.1 Å². The fourth-order valence-electron chi connectivity index (χ4n) is 2.42. The minimum atomic E-state index is -0.796. The first-order valence-corrected chi connectivity index (χ1v) is 8.81. The molecule has 1 heterocycles. The molecule has 0 fully saturated rings. The highest BCUT2D eigenvalue weighted by molar-refractivity contribution is 6.31. The lowest BCUT2D eigenvalue weighted by molar-refractivity contribution is 0.164. The molecule has 0 saturated heterocycles. The molecule has 7 nitrogen and oxygen atoms in total. The summed E-state index contributed by atoms with van der Waals surface area (Å²) in [5, 5.41) is 22.7. The summed E-state index contributed by atoms with van der Waals surface area (Å²) in [6.45, 7) is 3.73. The molecule has 0 amide bonds. The zero-order valence-corrected chi connectivity index (χ0v) is 16.1. The molecule has 3 aromatic rings. The van der Waals surface area contributed by atoms with Gasteiger partial charge in [0.2, 0.25) is 0 Å². The molecule has 0 saturated carbocycles. The van der Waals surface area contributed by atoms with Crippen molar-refractivity contribution in [1.29, 1.82) is 0 Å². The van der Waals surface area contributed by atoms with Crippen LogP contribution in [0.1, 0.15) is 13.8 Å². The first-order chi connectivity index (χ1) is 13.3. The van der Waals surface area contributed by atoms with Crippen LogP contribution in [0.4, 0.5) is 0 Å². The summed E-state index contributed by atoms with van der Waals surface area (Å²) < 4.78 is 12.5. The maximum absolute atomic E-state index is 12.7. The Hall–Kier alpha value is -3.19. The lowest BCUT2D eigenvalue weighted by Crippen LogP contribution is -2.42. The summed E-state index contributed by atoms with van der Waals surface area (Å²) in [6.07, 6.45) is 1.36. The van der Waals surface area contributed by atoms with Gasteiger partial charge in [0.05, 0.1) is 11.7 Å². The molecular weight excluding hydrogens is 384 g/mol. The summed E-state index contributed by atoms with van der Waals surface area (Å²) in [4.78, 5) is 12.7. The molecule has 0 aliphatic carbocycles. The zero-order chi connectivity index (χ0) is 20.3. The van der Waals surface area contributed by atoms with Crippen LogP contribution in [-0.2, 0) is 5.54 Å². The highest BCUT2D eigenvalue weighted by Crippen LogP contribution is 2.28. The quantitative estimate of drug-likeness (QED) is 0.649. The van der Waals surface area contributed by atoms with Gasteiger partial charge < -0.3 is 19.7 Å². The maximum Gasteiger partial charge on any atom is 0.289 e. The van der Waals surface area contributed by atoms with Gasteiger partial charge in [0.25, 0.3) is 5.56 Å². The van der Waals surface area contributed by atoms with E-state index in [0.29, 0.717) is 11.5 Å². The van der Waals surface area contributed by atoms with Gasteiger partial charge in [0.15, 0.2) is 10.8 Å². The standard InChI is InChI=1S/C20H19ClN2O5/c1-20(2,12-27-15-7-3-13(24)4-8-15)23-19(26)18(21)17(11-22-23)28-16-9-5-14(25)6-10-16/h3-11,24-25H,12H2,1-2H3. The number of aromatic nitrogens is 2. The lowest BCUT2D eigenvalue weighted by Gasteiger charge is -2.26. The Bertz CT molecular complexity index is 1010. The van der Waals surface area contributed by atoms with Gasteiger partial charge in [0.1, 0.15) is 29.6 Å². The van der Waals surface area contributed by atoms with Crippen LogP contribution in [0, 0.1) is 0 Å². The molecule has 3 rings (SSSR count). The van der Waals surface area contributed by atoms with E-state index in [4.69, 9.17) is 21.1 Å². The topological polar surface area (TPSA) is 93.8 Å². The molecule has 0 bridgehead atoms. The van der Waals surface area contributed by atoms with Crippen LogP contribution in [0.5, 0.6) is 28.7 Å². The SMILES string of the molecule is CC(C)(COc1ccc(O)cc1)n1ncc(Oc2ccc(O)cc2)c(Cl)c1=O. The largest absolute Gasteiger partial charge is 0.508 e. The average molecular weight is 403 g/mol. The van der Waals surface area contributed by atoms with Crippen LogP contribution in [0.3, 0.4) is 0 Å². The third kappa shape index (κ3) is 4.37. The van der Waals surface area contributed by atoms with E-state index in [1.54, 1.807) is 38.1 Å². The third-order valence-corrected chi connectivity index (χ3v) is 4.30. The van der Waals surface area contributed by atoms with Gasteiger partial charge in [-0.2, -0.15) is 5.10 Å². The normalized spacial score (nSPS) is 11.2. The molecule has 0 spiro atoms. The van der Waals surface area contributed by atoms with Crippen molar-refractivity contribution in [2.45, 2.75) is 19.4 Å². The van der Waals surface area contributed by atoms with Gasteiger partial charge in [-0.3, -0.25) is 4.79 Å². The molecule has 1 aromatic heterocycles. The first-order valence-electron chi connectivity index (χ1n) is 8.43. The summed E-state index contributed by atoms with van der Waals surface area (Å²) in [7, 11) is 0. The van der Waals surface area contributed by atoms with Gasteiger partial charge in [-0.15, -0.1) is 0 Å². The molecule has 0 aliphatic rings.